The molecule has 4 heteroatoms. The highest BCUT2D eigenvalue weighted by Gasteiger charge is 2.43. The predicted octanol–water partition coefficient (Wildman–Crippen LogP) is 2.89. The number of hydrogen-bond donors (Lipinski definition) is 3. The van der Waals surface area contributed by atoms with Crippen LogP contribution in [0.2, 0.25) is 0 Å². The monoisotopic (exact) mass is 283 g/mol. The molecule has 4 nitrogen and oxygen atoms in total. The predicted molar refractivity (Wildman–Crippen MR) is 81.5 cm³/mol. The molecule has 1 aliphatic rings. The first-order valence-electron chi connectivity index (χ1n) is 7.07. The molecular formula is C17H17NO3. The highest BCUT2D eigenvalue weighted by atomic mass is 16.5. The molecule has 4 rings (SSSR count). The molecule has 0 aliphatic carbocycles. The molecule has 108 valence electrons. The van der Waals surface area contributed by atoms with Crippen LogP contribution in [0, 0.1) is 0 Å². The molecule has 3 N–H and O–H groups in total. The van der Waals surface area contributed by atoms with Crippen molar-refractivity contribution in [3.05, 3.63) is 42.0 Å². The van der Waals surface area contributed by atoms with Crippen LogP contribution >= 0.6 is 0 Å². The van der Waals surface area contributed by atoms with Crippen molar-refractivity contribution in [3.8, 4) is 5.75 Å². The number of para-hydroxylation sites is 1. The van der Waals surface area contributed by atoms with Gasteiger partial charge in [-0.3, -0.25) is 0 Å². The lowest BCUT2D eigenvalue weighted by Crippen LogP contribution is -2.48. The molecule has 0 radical (unpaired) electrons. The van der Waals surface area contributed by atoms with Crippen molar-refractivity contribution in [2.75, 3.05) is 0 Å². The van der Waals surface area contributed by atoms with Crippen LogP contribution in [-0.4, -0.2) is 26.9 Å². The second-order valence-corrected chi connectivity index (χ2v) is 6.17. The molecule has 1 aromatic heterocycles. The molecule has 21 heavy (non-hydrogen) atoms. The summed E-state index contributed by atoms with van der Waals surface area (Å²) in [5.41, 5.74) is 1.66. The fourth-order valence-corrected chi connectivity index (χ4v) is 3.19. The molecule has 2 heterocycles. The standard InChI is InChI=1S/C17H17NO3/c1-17(2)16(20)15(19)13-12(21-17)8-7-10-9-5-3-4-6-11(9)18-14(10)13/h3-8,15-16,18-20H,1-2H3/t15-,16+/m1/s1. The summed E-state index contributed by atoms with van der Waals surface area (Å²) in [6.07, 6.45) is -1.94. The van der Waals surface area contributed by atoms with Crippen molar-refractivity contribution in [1.82, 2.24) is 4.98 Å². The van der Waals surface area contributed by atoms with E-state index < -0.39 is 17.8 Å². The summed E-state index contributed by atoms with van der Waals surface area (Å²) in [5.74, 6) is 0.622. The number of nitrogens with one attached hydrogen (secondary N) is 1. The van der Waals surface area contributed by atoms with Gasteiger partial charge in [0.05, 0.1) is 5.52 Å². The van der Waals surface area contributed by atoms with Crippen molar-refractivity contribution in [2.24, 2.45) is 0 Å². The first-order chi connectivity index (χ1) is 9.99. The Hall–Kier alpha value is -2.04. The van der Waals surface area contributed by atoms with Gasteiger partial charge in [0.2, 0.25) is 0 Å². The van der Waals surface area contributed by atoms with Crippen molar-refractivity contribution < 1.29 is 14.9 Å². The molecule has 0 amide bonds. The molecule has 0 fully saturated rings. The number of fused-ring (bicyclic) bond motifs is 5. The average molecular weight is 283 g/mol. The Labute approximate surface area is 122 Å². The lowest BCUT2D eigenvalue weighted by molar-refractivity contribution is -0.111. The van der Waals surface area contributed by atoms with E-state index >= 15 is 0 Å². The number of benzene rings is 2. The summed E-state index contributed by atoms with van der Waals surface area (Å²) in [5, 5.41) is 23.0. The summed E-state index contributed by atoms with van der Waals surface area (Å²) >= 11 is 0. The number of hydrogen-bond acceptors (Lipinski definition) is 3. The maximum absolute atomic E-state index is 10.5. The lowest BCUT2D eigenvalue weighted by atomic mass is 9.87. The summed E-state index contributed by atoms with van der Waals surface area (Å²) < 4.78 is 5.88. The van der Waals surface area contributed by atoms with Crippen LogP contribution in [0.1, 0.15) is 25.5 Å². The van der Waals surface area contributed by atoms with Crippen LogP contribution in [0.15, 0.2) is 36.4 Å². The van der Waals surface area contributed by atoms with Crippen LogP contribution in [0.3, 0.4) is 0 Å². The second-order valence-electron chi connectivity index (χ2n) is 6.17. The molecule has 2 aromatic carbocycles. The number of aliphatic hydroxyl groups excluding tert-OH is 2. The zero-order valence-electron chi connectivity index (χ0n) is 11.9. The first-order valence-corrected chi connectivity index (χ1v) is 7.07. The summed E-state index contributed by atoms with van der Waals surface area (Å²) in [6, 6.07) is 11.9. The minimum Gasteiger partial charge on any atom is -0.485 e. The van der Waals surface area contributed by atoms with Crippen molar-refractivity contribution >= 4 is 21.8 Å². The van der Waals surface area contributed by atoms with E-state index in [2.05, 4.69) is 4.98 Å². The van der Waals surface area contributed by atoms with Crippen molar-refractivity contribution in [1.29, 1.82) is 0 Å². The smallest absolute Gasteiger partial charge is 0.132 e. The van der Waals surface area contributed by atoms with E-state index in [9.17, 15) is 10.2 Å². The van der Waals surface area contributed by atoms with Crippen LogP contribution in [0.25, 0.3) is 21.8 Å². The van der Waals surface area contributed by atoms with E-state index in [0.717, 1.165) is 21.8 Å². The minimum atomic E-state index is -0.972. The van der Waals surface area contributed by atoms with Crippen LogP contribution in [-0.2, 0) is 0 Å². The average Bonchev–Trinajstić information content (AvgIpc) is 2.82. The Morgan fingerprint density at radius 3 is 2.62 bits per heavy atom. The molecule has 3 aromatic rings. The van der Waals surface area contributed by atoms with Gasteiger partial charge in [-0.05, 0) is 32.0 Å². The third-order valence-electron chi connectivity index (χ3n) is 4.36. The van der Waals surface area contributed by atoms with Gasteiger partial charge in [0.15, 0.2) is 0 Å². The van der Waals surface area contributed by atoms with E-state index in [0.29, 0.717) is 11.3 Å². The summed E-state index contributed by atoms with van der Waals surface area (Å²) in [6.45, 7) is 3.55. The Balaban J connectivity index is 2.07. The fraction of sp³-hybridized carbons (Fsp3) is 0.294. The van der Waals surface area contributed by atoms with E-state index in [1.165, 1.54) is 0 Å². The zero-order chi connectivity index (χ0) is 14.8. The topological polar surface area (TPSA) is 65.5 Å². The SMILES string of the molecule is CC1(C)Oc2ccc3c([nH]c4ccccc43)c2[C@@H](O)[C@@H]1O. The van der Waals surface area contributed by atoms with Gasteiger partial charge in [0.25, 0.3) is 0 Å². The maximum atomic E-state index is 10.5. The summed E-state index contributed by atoms with van der Waals surface area (Å²) in [7, 11) is 0. The second kappa shape index (κ2) is 4.00. The lowest BCUT2D eigenvalue weighted by Gasteiger charge is -2.40. The van der Waals surface area contributed by atoms with Gasteiger partial charge in [-0.2, -0.15) is 0 Å². The highest BCUT2D eigenvalue weighted by Crippen LogP contribution is 2.44. The van der Waals surface area contributed by atoms with Crippen LogP contribution < -0.4 is 4.74 Å². The Morgan fingerprint density at radius 1 is 1.05 bits per heavy atom. The van der Waals surface area contributed by atoms with Gasteiger partial charge in [-0.25, -0.2) is 0 Å². The van der Waals surface area contributed by atoms with E-state index in [1.807, 2.05) is 36.4 Å². The highest BCUT2D eigenvalue weighted by molar-refractivity contribution is 6.08. The van der Waals surface area contributed by atoms with Gasteiger partial charge < -0.3 is 19.9 Å². The van der Waals surface area contributed by atoms with Gasteiger partial charge in [-0.1, -0.05) is 18.2 Å². The third kappa shape index (κ3) is 1.63. The molecule has 0 saturated heterocycles. The van der Waals surface area contributed by atoms with E-state index in [-0.39, 0.29) is 0 Å². The van der Waals surface area contributed by atoms with Crippen molar-refractivity contribution in [2.45, 2.75) is 31.7 Å². The number of aromatic nitrogens is 1. The van der Waals surface area contributed by atoms with Gasteiger partial charge in [0, 0.05) is 21.9 Å². The maximum Gasteiger partial charge on any atom is 0.132 e. The van der Waals surface area contributed by atoms with Crippen molar-refractivity contribution in [3.63, 3.8) is 0 Å². The molecule has 1 aliphatic heterocycles. The Kier molecular flexibility index (Phi) is 2.41. The van der Waals surface area contributed by atoms with E-state index in [4.69, 9.17) is 4.74 Å². The van der Waals surface area contributed by atoms with Gasteiger partial charge in [0.1, 0.15) is 23.6 Å². The molecule has 0 spiro atoms. The van der Waals surface area contributed by atoms with E-state index in [1.54, 1.807) is 13.8 Å². The minimum absolute atomic E-state index is 0.622. The zero-order valence-corrected chi connectivity index (χ0v) is 11.9. The number of aromatic amines is 1. The van der Waals surface area contributed by atoms with Gasteiger partial charge >= 0.3 is 0 Å². The number of ether oxygens (including phenoxy) is 1. The number of rotatable bonds is 0. The number of H-pyrrole nitrogens is 1. The number of aliphatic hydroxyl groups is 2. The normalized spacial score (nSPS) is 24.0. The fourth-order valence-electron chi connectivity index (χ4n) is 3.19. The Morgan fingerprint density at radius 2 is 1.81 bits per heavy atom. The quantitative estimate of drug-likeness (QED) is 0.594. The molecule has 2 atom stereocenters. The van der Waals surface area contributed by atoms with Crippen LogP contribution in [0.5, 0.6) is 5.75 Å². The third-order valence-corrected chi connectivity index (χ3v) is 4.36. The molecule has 0 bridgehead atoms. The largest absolute Gasteiger partial charge is 0.485 e. The molecule has 0 unspecified atom stereocenters. The first kappa shape index (κ1) is 12.7. The molecule has 0 saturated carbocycles. The summed E-state index contributed by atoms with van der Waals surface area (Å²) in [4.78, 5) is 3.33. The molecular weight excluding hydrogens is 266 g/mol. The van der Waals surface area contributed by atoms with Crippen LogP contribution in [0.4, 0.5) is 0 Å². The van der Waals surface area contributed by atoms with Gasteiger partial charge in [-0.15, -0.1) is 0 Å². The Bertz CT molecular complexity index is 850.